The minimum atomic E-state index is -0.493. The SMILES string of the molecule is [CH2]OC(=O)c1ccccc1OC. The number of methoxy groups -OCH3 is 1. The summed E-state index contributed by atoms with van der Waals surface area (Å²) in [6.45, 7) is 0. The predicted octanol–water partition coefficient (Wildman–Crippen LogP) is 1.64. The van der Waals surface area contributed by atoms with Gasteiger partial charge in [0.1, 0.15) is 18.4 Å². The van der Waals surface area contributed by atoms with Crippen molar-refractivity contribution < 1.29 is 14.3 Å². The van der Waals surface area contributed by atoms with Gasteiger partial charge in [-0.25, -0.2) is 4.79 Å². The molecule has 12 heavy (non-hydrogen) atoms. The van der Waals surface area contributed by atoms with Crippen molar-refractivity contribution in [1.82, 2.24) is 0 Å². The normalized spacial score (nSPS) is 9.17. The fraction of sp³-hybridized carbons (Fsp3) is 0.111. The summed E-state index contributed by atoms with van der Waals surface area (Å²) in [6.07, 6.45) is 0. The molecule has 3 heteroatoms. The van der Waals surface area contributed by atoms with Crippen LogP contribution in [0, 0.1) is 7.11 Å². The lowest BCUT2D eigenvalue weighted by atomic mass is 10.2. The Balaban J connectivity index is 3.04. The second-order valence-corrected chi connectivity index (χ2v) is 2.13. The number of ether oxygens (including phenoxy) is 2. The first-order chi connectivity index (χ1) is 5.79. The average molecular weight is 165 g/mol. The van der Waals surface area contributed by atoms with Crippen LogP contribution in [0.5, 0.6) is 5.75 Å². The minimum Gasteiger partial charge on any atom is -0.496 e. The molecule has 0 saturated heterocycles. The number of benzene rings is 1. The van der Waals surface area contributed by atoms with Gasteiger partial charge in [-0.05, 0) is 12.1 Å². The first kappa shape index (κ1) is 8.59. The Labute approximate surface area is 70.9 Å². The molecule has 0 aromatic heterocycles. The maximum Gasteiger partial charge on any atom is 0.342 e. The molecule has 0 heterocycles. The van der Waals surface area contributed by atoms with E-state index in [1.807, 2.05) is 0 Å². The molecule has 0 saturated carbocycles. The molecular formula is C9H9O3. The van der Waals surface area contributed by atoms with Crippen LogP contribution >= 0.6 is 0 Å². The molecule has 1 radical (unpaired) electrons. The summed E-state index contributed by atoms with van der Waals surface area (Å²) in [6, 6.07) is 6.81. The fourth-order valence-electron chi connectivity index (χ4n) is 0.891. The molecule has 0 spiro atoms. The van der Waals surface area contributed by atoms with Crippen molar-refractivity contribution >= 4 is 5.97 Å². The van der Waals surface area contributed by atoms with Gasteiger partial charge in [-0.1, -0.05) is 12.1 Å². The standard InChI is InChI=1S/C9H9O3/c1-11-8-6-4-3-5-7(8)9(10)12-2/h3-6H,2H2,1H3. The van der Waals surface area contributed by atoms with Crippen molar-refractivity contribution in [3.63, 3.8) is 0 Å². The van der Waals surface area contributed by atoms with Gasteiger partial charge in [-0.2, -0.15) is 0 Å². The summed E-state index contributed by atoms with van der Waals surface area (Å²) in [4.78, 5) is 11.0. The van der Waals surface area contributed by atoms with Crippen LogP contribution in [0.15, 0.2) is 24.3 Å². The Morgan fingerprint density at radius 1 is 1.42 bits per heavy atom. The second kappa shape index (κ2) is 3.76. The fourth-order valence-corrected chi connectivity index (χ4v) is 0.891. The van der Waals surface area contributed by atoms with Crippen molar-refractivity contribution in [3.8, 4) is 5.75 Å². The highest BCUT2D eigenvalue weighted by Crippen LogP contribution is 2.17. The molecule has 0 aliphatic heterocycles. The van der Waals surface area contributed by atoms with Crippen molar-refractivity contribution in [2.24, 2.45) is 0 Å². The van der Waals surface area contributed by atoms with Crippen LogP contribution in [0.3, 0.4) is 0 Å². The third kappa shape index (κ3) is 1.56. The molecule has 63 valence electrons. The lowest BCUT2D eigenvalue weighted by Crippen LogP contribution is -2.02. The molecule has 1 aromatic rings. The lowest BCUT2D eigenvalue weighted by molar-refractivity contribution is 0.0650. The Kier molecular flexibility index (Phi) is 2.69. The van der Waals surface area contributed by atoms with Gasteiger partial charge in [0.2, 0.25) is 0 Å². The van der Waals surface area contributed by atoms with E-state index in [9.17, 15) is 4.79 Å². The van der Waals surface area contributed by atoms with Gasteiger partial charge in [0, 0.05) is 0 Å². The number of rotatable bonds is 2. The van der Waals surface area contributed by atoms with E-state index in [1.54, 1.807) is 24.3 Å². The highest BCUT2D eigenvalue weighted by molar-refractivity contribution is 5.92. The zero-order valence-corrected chi connectivity index (χ0v) is 6.74. The van der Waals surface area contributed by atoms with Gasteiger partial charge < -0.3 is 9.47 Å². The second-order valence-electron chi connectivity index (χ2n) is 2.13. The number of para-hydroxylation sites is 1. The first-order valence-electron chi connectivity index (χ1n) is 3.39. The van der Waals surface area contributed by atoms with E-state index in [2.05, 4.69) is 11.8 Å². The molecule has 0 aliphatic rings. The van der Waals surface area contributed by atoms with Crippen molar-refractivity contribution in [2.75, 3.05) is 7.11 Å². The van der Waals surface area contributed by atoms with E-state index < -0.39 is 5.97 Å². The quantitative estimate of drug-likeness (QED) is 0.625. The highest BCUT2D eigenvalue weighted by atomic mass is 16.5. The monoisotopic (exact) mass is 165 g/mol. The Morgan fingerprint density at radius 2 is 2.08 bits per heavy atom. The van der Waals surface area contributed by atoms with Crippen molar-refractivity contribution in [1.29, 1.82) is 0 Å². The molecular weight excluding hydrogens is 156 g/mol. The van der Waals surface area contributed by atoms with Crippen LogP contribution in [0.2, 0.25) is 0 Å². The van der Waals surface area contributed by atoms with Crippen molar-refractivity contribution in [3.05, 3.63) is 36.9 Å². The molecule has 0 bridgehead atoms. The van der Waals surface area contributed by atoms with Crippen LogP contribution in [-0.2, 0) is 4.74 Å². The average Bonchev–Trinajstić information content (AvgIpc) is 2.16. The van der Waals surface area contributed by atoms with Gasteiger partial charge in [-0.3, -0.25) is 0 Å². The number of carbonyl (C=O) groups is 1. The Bertz CT molecular complexity index is 281. The molecule has 1 rings (SSSR count). The molecule has 3 nitrogen and oxygen atoms in total. The summed E-state index contributed by atoms with van der Waals surface area (Å²) in [5.41, 5.74) is 0.384. The maximum absolute atomic E-state index is 11.0. The lowest BCUT2D eigenvalue weighted by Gasteiger charge is -2.04. The maximum atomic E-state index is 11.0. The zero-order valence-electron chi connectivity index (χ0n) is 6.74. The topological polar surface area (TPSA) is 35.5 Å². The van der Waals surface area contributed by atoms with Gasteiger partial charge in [0.05, 0.1) is 7.11 Å². The number of carbonyl (C=O) groups excluding carboxylic acids is 1. The van der Waals surface area contributed by atoms with Gasteiger partial charge in [0.25, 0.3) is 0 Å². The van der Waals surface area contributed by atoms with Crippen molar-refractivity contribution in [2.45, 2.75) is 0 Å². The molecule has 0 N–H and O–H groups in total. The van der Waals surface area contributed by atoms with E-state index in [0.29, 0.717) is 11.3 Å². The van der Waals surface area contributed by atoms with Crippen LogP contribution < -0.4 is 4.74 Å². The third-order valence-corrected chi connectivity index (χ3v) is 1.46. The largest absolute Gasteiger partial charge is 0.496 e. The van der Waals surface area contributed by atoms with Crippen LogP contribution in [0.25, 0.3) is 0 Å². The number of esters is 1. The molecule has 0 amide bonds. The molecule has 0 atom stereocenters. The Morgan fingerprint density at radius 3 is 2.67 bits per heavy atom. The summed E-state index contributed by atoms with van der Waals surface area (Å²) in [5.74, 6) is -0.00130. The zero-order chi connectivity index (χ0) is 8.97. The van der Waals surface area contributed by atoms with Crippen LogP contribution in [0.4, 0.5) is 0 Å². The van der Waals surface area contributed by atoms with Gasteiger partial charge in [-0.15, -0.1) is 0 Å². The Hall–Kier alpha value is -1.51. The number of hydrogen-bond donors (Lipinski definition) is 0. The smallest absolute Gasteiger partial charge is 0.342 e. The molecule has 0 unspecified atom stereocenters. The van der Waals surface area contributed by atoms with E-state index in [-0.39, 0.29) is 0 Å². The highest BCUT2D eigenvalue weighted by Gasteiger charge is 2.10. The van der Waals surface area contributed by atoms with E-state index in [4.69, 9.17) is 4.74 Å². The first-order valence-corrected chi connectivity index (χ1v) is 3.39. The minimum absolute atomic E-state index is 0.384. The van der Waals surface area contributed by atoms with E-state index >= 15 is 0 Å². The number of hydrogen-bond acceptors (Lipinski definition) is 3. The summed E-state index contributed by atoms with van der Waals surface area (Å²) >= 11 is 0. The van der Waals surface area contributed by atoms with E-state index in [0.717, 1.165) is 0 Å². The summed E-state index contributed by atoms with van der Waals surface area (Å²) in [7, 11) is 4.53. The predicted molar refractivity (Wildman–Crippen MR) is 43.8 cm³/mol. The molecule has 0 fully saturated rings. The summed E-state index contributed by atoms with van der Waals surface area (Å²) in [5, 5.41) is 0. The third-order valence-electron chi connectivity index (χ3n) is 1.46. The van der Waals surface area contributed by atoms with Gasteiger partial charge >= 0.3 is 5.97 Å². The van der Waals surface area contributed by atoms with E-state index in [1.165, 1.54) is 7.11 Å². The van der Waals surface area contributed by atoms with Crippen LogP contribution in [0.1, 0.15) is 10.4 Å². The summed E-state index contributed by atoms with van der Waals surface area (Å²) < 4.78 is 9.25. The molecule has 1 aromatic carbocycles. The molecule has 0 aliphatic carbocycles. The van der Waals surface area contributed by atoms with Crippen LogP contribution in [-0.4, -0.2) is 13.1 Å². The van der Waals surface area contributed by atoms with Gasteiger partial charge in [0.15, 0.2) is 0 Å².